The molecule has 8 heteroatoms. The van der Waals surface area contributed by atoms with Crippen molar-refractivity contribution in [1.82, 2.24) is 20.5 Å². The van der Waals surface area contributed by atoms with Crippen LogP contribution in [0.25, 0.3) is 0 Å². The molecule has 0 fully saturated rings. The Labute approximate surface area is 195 Å². The van der Waals surface area contributed by atoms with Gasteiger partial charge in [0.2, 0.25) is 5.89 Å². The monoisotopic (exact) mass is 531 g/mol. The van der Waals surface area contributed by atoms with Crippen molar-refractivity contribution in [3.8, 4) is 0 Å². The van der Waals surface area contributed by atoms with Crippen LogP contribution >= 0.6 is 35.3 Å². The van der Waals surface area contributed by atoms with Crippen molar-refractivity contribution < 1.29 is 4.42 Å². The summed E-state index contributed by atoms with van der Waals surface area (Å²) in [5, 5.41) is 8.99. The van der Waals surface area contributed by atoms with E-state index in [4.69, 9.17) is 4.42 Å². The molecule has 1 unspecified atom stereocenters. The Balaban J connectivity index is 0.00000300. The lowest BCUT2D eigenvalue weighted by Gasteiger charge is -2.32. The molecule has 2 N–H and O–H groups in total. The molecule has 2 aromatic rings. The Morgan fingerprint density at radius 1 is 1.38 bits per heavy atom. The highest BCUT2D eigenvalue weighted by atomic mass is 127. The summed E-state index contributed by atoms with van der Waals surface area (Å²) in [6.07, 6.45) is 2.97. The maximum Gasteiger partial charge on any atom is 0.216 e. The van der Waals surface area contributed by atoms with E-state index in [1.165, 1.54) is 5.56 Å². The van der Waals surface area contributed by atoms with Gasteiger partial charge in [0, 0.05) is 42.5 Å². The maximum atomic E-state index is 5.84. The molecule has 0 saturated heterocycles. The summed E-state index contributed by atoms with van der Waals surface area (Å²) in [7, 11) is 0. The number of halogens is 1. The van der Waals surface area contributed by atoms with Crippen LogP contribution in [0.1, 0.15) is 56.7 Å². The number of oxazole rings is 1. The average molecular weight is 532 g/mol. The molecule has 0 saturated carbocycles. The minimum absolute atomic E-state index is 0. The molecule has 1 aliphatic heterocycles. The van der Waals surface area contributed by atoms with Gasteiger partial charge in [-0.25, -0.2) is 9.98 Å². The molecule has 6 nitrogen and oxygen atoms in total. The van der Waals surface area contributed by atoms with Gasteiger partial charge in [0.25, 0.3) is 0 Å². The Kier molecular flexibility index (Phi) is 8.96. The zero-order chi connectivity index (χ0) is 20.1. The molecule has 0 radical (unpaired) electrons. The highest BCUT2D eigenvalue weighted by Gasteiger charge is 2.22. The summed E-state index contributed by atoms with van der Waals surface area (Å²) in [5.74, 6) is 2.34. The highest BCUT2D eigenvalue weighted by molar-refractivity contribution is 14.0. The fourth-order valence-corrected chi connectivity index (χ4v) is 4.13. The van der Waals surface area contributed by atoms with Crippen molar-refractivity contribution in [2.75, 3.05) is 19.6 Å². The highest BCUT2D eigenvalue weighted by Crippen LogP contribution is 2.25. The fraction of sp³-hybridized carbons (Fsp3) is 0.619. The topological polar surface area (TPSA) is 65.7 Å². The molecule has 0 amide bonds. The van der Waals surface area contributed by atoms with Crippen molar-refractivity contribution in [3.63, 3.8) is 0 Å². The largest absolute Gasteiger partial charge is 0.443 e. The van der Waals surface area contributed by atoms with E-state index in [9.17, 15) is 0 Å². The molecular formula is C21H34IN5OS. The lowest BCUT2D eigenvalue weighted by atomic mass is 9.94. The average Bonchev–Trinajstić information content (AvgIpc) is 3.31. The summed E-state index contributed by atoms with van der Waals surface area (Å²) in [4.78, 5) is 13.1. The van der Waals surface area contributed by atoms with Crippen LogP contribution in [0.2, 0.25) is 0 Å². The summed E-state index contributed by atoms with van der Waals surface area (Å²) in [6.45, 7) is 15.0. The zero-order valence-electron chi connectivity index (χ0n) is 18.1. The van der Waals surface area contributed by atoms with Crippen LogP contribution in [0.5, 0.6) is 0 Å². The van der Waals surface area contributed by atoms with Gasteiger partial charge in [-0.1, -0.05) is 20.8 Å². The molecule has 0 aliphatic carbocycles. The number of hydrogen-bond acceptors (Lipinski definition) is 5. The van der Waals surface area contributed by atoms with Crippen LogP contribution in [-0.4, -0.2) is 41.5 Å². The molecule has 2 aromatic heterocycles. The van der Waals surface area contributed by atoms with Gasteiger partial charge in [-0.2, -0.15) is 0 Å². The molecule has 0 bridgehead atoms. The Bertz CT molecular complexity index is 795. The predicted octanol–water partition coefficient (Wildman–Crippen LogP) is 4.15. The Hall–Kier alpha value is -1.13. The van der Waals surface area contributed by atoms with Crippen LogP contribution in [0.15, 0.2) is 27.1 Å². The summed E-state index contributed by atoms with van der Waals surface area (Å²) >= 11 is 1.89. The quantitative estimate of drug-likeness (QED) is 0.333. The van der Waals surface area contributed by atoms with E-state index in [0.717, 1.165) is 44.3 Å². The third-order valence-electron chi connectivity index (χ3n) is 5.03. The zero-order valence-corrected chi connectivity index (χ0v) is 21.3. The molecule has 3 heterocycles. The number of guanidine groups is 1. The Morgan fingerprint density at radius 2 is 2.17 bits per heavy atom. The van der Waals surface area contributed by atoms with Crippen molar-refractivity contribution in [3.05, 3.63) is 39.7 Å². The molecule has 3 rings (SSSR count). The number of aliphatic imine (C=N–C) groups is 1. The third kappa shape index (κ3) is 6.68. The minimum Gasteiger partial charge on any atom is -0.443 e. The molecule has 162 valence electrons. The van der Waals surface area contributed by atoms with Gasteiger partial charge in [-0.15, -0.1) is 35.3 Å². The van der Waals surface area contributed by atoms with Crippen molar-refractivity contribution in [2.45, 2.75) is 65.6 Å². The van der Waals surface area contributed by atoms with E-state index in [0.29, 0.717) is 18.5 Å². The van der Waals surface area contributed by atoms with Crippen LogP contribution in [0, 0.1) is 0 Å². The van der Waals surface area contributed by atoms with Gasteiger partial charge >= 0.3 is 0 Å². The first-order valence-electron chi connectivity index (χ1n) is 10.1. The number of thiophene rings is 1. The summed E-state index contributed by atoms with van der Waals surface area (Å²) in [6, 6.07) is 2.70. The van der Waals surface area contributed by atoms with E-state index in [1.54, 1.807) is 4.88 Å². The first-order valence-corrected chi connectivity index (χ1v) is 11.0. The third-order valence-corrected chi connectivity index (χ3v) is 6.06. The number of nitrogens with zero attached hydrogens (tertiary/aromatic N) is 3. The lowest BCUT2D eigenvalue weighted by Crippen LogP contribution is -2.47. The van der Waals surface area contributed by atoms with Gasteiger partial charge in [0.1, 0.15) is 12.3 Å². The normalized spacial score (nSPS) is 16.1. The molecule has 1 aliphatic rings. The number of nitrogens with one attached hydrogen (secondary N) is 2. The van der Waals surface area contributed by atoms with Gasteiger partial charge in [-0.3, -0.25) is 4.90 Å². The van der Waals surface area contributed by atoms with Crippen LogP contribution in [0.3, 0.4) is 0 Å². The number of hydrogen-bond donors (Lipinski definition) is 2. The first kappa shape index (κ1) is 24.1. The summed E-state index contributed by atoms with van der Waals surface area (Å²) in [5.41, 5.74) is 1.45. The number of aromatic nitrogens is 1. The molecule has 29 heavy (non-hydrogen) atoms. The second-order valence-corrected chi connectivity index (χ2v) is 9.38. The van der Waals surface area contributed by atoms with Crippen LogP contribution < -0.4 is 10.6 Å². The minimum atomic E-state index is -0.0378. The number of rotatable bonds is 6. The van der Waals surface area contributed by atoms with E-state index >= 15 is 0 Å². The van der Waals surface area contributed by atoms with Crippen molar-refractivity contribution in [2.24, 2.45) is 4.99 Å². The molecular weight excluding hydrogens is 497 g/mol. The second kappa shape index (κ2) is 10.8. The maximum absolute atomic E-state index is 5.84. The van der Waals surface area contributed by atoms with E-state index in [-0.39, 0.29) is 29.4 Å². The summed E-state index contributed by atoms with van der Waals surface area (Å²) < 4.78 is 5.84. The molecule has 0 aromatic carbocycles. The van der Waals surface area contributed by atoms with E-state index in [2.05, 4.69) is 71.6 Å². The first-order chi connectivity index (χ1) is 13.4. The number of fused-ring (bicyclic) bond motifs is 1. The standard InChI is InChI=1S/C21H33N5OS.HI/c1-6-22-20(25-13-19-23-12-18(27-19)21(3,4)5)24-11-15(2)26-9-7-17-16(14-26)8-10-28-17;/h8,10,12,15H,6-7,9,11,13-14H2,1-5H3,(H2,22,24,25);1H. The lowest BCUT2D eigenvalue weighted by molar-refractivity contribution is 0.192. The molecule has 0 spiro atoms. The van der Waals surface area contributed by atoms with Crippen LogP contribution in [0.4, 0.5) is 0 Å². The molecule has 1 atom stereocenters. The van der Waals surface area contributed by atoms with E-state index in [1.807, 2.05) is 17.5 Å². The van der Waals surface area contributed by atoms with E-state index < -0.39 is 0 Å². The smallest absolute Gasteiger partial charge is 0.216 e. The van der Waals surface area contributed by atoms with Gasteiger partial charge in [-0.05, 0) is 37.3 Å². The fourth-order valence-electron chi connectivity index (χ4n) is 3.24. The second-order valence-electron chi connectivity index (χ2n) is 8.38. The van der Waals surface area contributed by atoms with Crippen molar-refractivity contribution in [1.29, 1.82) is 0 Å². The Morgan fingerprint density at radius 3 is 2.86 bits per heavy atom. The van der Waals surface area contributed by atoms with Gasteiger partial charge in [0.15, 0.2) is 5.96 Å². The van der Waals surface area contributed by atoms with Crippen LogP contribution in [-0.2, 0) is 24.9 Å². The van der Waals surface area contributed by atoms with Gasteiger partial charge < -0.3 is 15.1 Å². The van der Waals surface area contributed by atoms with Crippen molar-refractivity contribution >= 4 is 41.3 Å². The predicted molar refractivity (Wildman–Crippen MR) is 131 cm³/mol. The SMILES string of the molecule is CCNC(=NCc1ncc(C(C)(C)C)o1)NCC(C)N1CCc2sccc2C1.I. The van der Waals surface area contributed by atoms with Gasteiger partial charge in [0.05, 0.1) is 6.20 Å².